The number of nitrogens with zero attached hydrogens (tertiary/aromatic N) is 4. The largest absolute Gasteiger partial charge is 0.383 e. The smallest absolute Gasteiger partial charge is 0.251 e. The fourth-order valence-electron chi connectivity index (χ4n) is 4.30. The van der Waals surface area contributed by atoms with Crippen molar-refractivity contribution in [2.45, 2.75) is 40.2 Å². The SMILES string of the molecule is Cc1ccc2c(N3CCN(C(=O)C(O)CC(C)C)CC3)nc(-c3ccccc3C)nc2c1.[HH]. The number of benzene rings is 2. The molecule has 1 amide bonds. The highest BCUT2D eigenvalue weighted by atomic mass is 16.3. The highest BCUT2D eigenvalue weighted by molar-refractivity contribution is 5.92. The van der Waals surface area contributed by atoms with E-state index in [0.717, 1.165) is 39.2 Å². The summed E-state index contributed by atoms with van der Waals surface area (Å²) < 4.78 is 0. The summed E-state index contributed by atoms with van der Waals surface area (Å²) in [6.07, 6.45) is -0.425. The molecule has 3 aromatic rings. The van der Waals surface area contributed by atoms with E-state index in [0.29, 0.717) is 32.6 Å². The summed E-state index contributed by atoms with van der Waals surface area (Å²) in [5, 5.41) is 11.3. The van der Waals surface area contributed by atoms with Gasteiger partial charge in [-0.2, -0.15) is 0 Å². The fourth-order valence-corrected chi connectivity index (χ4v) is 4.30. The van der Waals surface area contributed by atoms with E-state index in [4.69, 9.17) is 9.97 Å². The quantitative estimate of drug-likeness (QED) is 0.651. The van der Waals surface area contributed by atoms with E-state index < -0.39 is 6.10 Å². The van der Waals surface area contributed by atoms with Crippen LogP contribution >= 0.6 is 0 Å². The Morgan fingerprint density at radius 2 is 1.78 bits per heavy atom. The molecule has 1 aliphatic rings. The van der Waals surface area contributed by atoms with Crippen LogP contribution in [0, 0.1) is 19.8 Å². The van der Waals surface area contributed by atoms with E-state index in [9.17, 15) is 9.90 Å². The summed E-state index contributed by atoms with van der Waals surface area (Å²) in [5.41, 5.74) is 4.26. The third kappa shape index (κ3) is 4.60. The Labute approximate surface area is 191 Å². The number of amides is 1. The highest BCUT2D eigenvalue weighted by Gasteiger charge is 2.28. The van der Waals surface area contributed by atoms with Gasteiger partial charge >= 0.3 is 0 Å². The van der Waals surface area contributed by atoms with Crippen LogP contribution in [0.2, 0.25) is 0 Å². The lowest BCUT2D eigenvalue weighted by Gasteiger charge is -2.37. The lowest BCUT2D eigenvalue weighted by molar-refractivity contribution is -0.141. The van der Waals surface area contributed by atoms with Gasteiger partial charge in [0.15, 0.2) is 5.82 Å². The summed E-state index contributed by atoms with van der Waals surface area (Å²) >= 11 is 0. The van der Waals surface area contributed by atoms with Crippen LogP contribution in [0.5, 0.6) is 0 Å². The Morgan fingerprint density at radius 3 is 2.47 bits per heavy atom. The number of aliphatic hydroxyl groups is 1. The number of aliphatic hydroxyl groups excluding tert-OH is 1. The molecule has 1 atom stereocenters. The molecule has 6 nitrogen and oxygen atoms in total. The van der Waals surface area contributed by atoms with Gasteiger partial charge in [-0.3, -0.25) is 4.79 Å². The molecule has 1 N–H and O–H groups in total. The second-order valence-electron chi connectivity index (χ2n) is 9.16. The third-order valence-electron chi connectivity index (χ3n) is 6.09. The molecule has 1 aliphatic heterocycles. The minimum atomic E-state index is -0.919. The maximum absolute atomic E-state index is 12.6. The number of anilines is 1. The molecule has 170 valence electrons. The Hall–Kier alpha value is -2.99. The van der Waals surface area contributed by atoms with E-state index in [1.54, 1.807) is 4.90 Å². The second kappa shape index (κ2) is 9.25. The molecule has 0 radical (unpaired) electrons. The topological polar surface area (TPSA) is 69.6 Å². The molecule has 6 heteroatoms. The Bertz CT molecular complexity index is 1130. The summed E-state index contributed by atoms with van der Waals surface area (Å²) in [4.78, 5) is 26.5. The molecule has 4 rings (SSSR count). The minimum absolute atomic E-state index is 0. The molecule has 1 unspecified atom stereocenters. The van der Waals surface area contributed by atoms with Crippen LogP contribution < -0.4 is 4.90 Å². The van der Waals surface area contributed by atoms with Gasteiger partial charge in [-0.1, -0.05) is 44.2 Å². The van der Waals surface area contributed by atoms with Crippen molar-refractivity contribution in [3.05, 3.63) is 53.6 Å². The predicted octanol–water partition coefficient (Wildman–Crippen LogP) is 4.22. The number of aromatic nitrogens is 2. The van der Waals surface area contributed by atoms with E-state index in [2.05, 4.69) is 49.1 Å². The number of hydrogen-bond acceptors (Lipinski definition) is 5. The molecule has 0 saturated carbocycles. The molecule has 1 aromatic heterocycles. The molecule has 0 aliphatic carbocycles. The molecule has 2 heterocycles. The van der Waals surface area contributed by atoms with Gasteiger partial charge in [0.2, 0.25) is 0 Å². The average molecular weight is 435 g/mol. The average Bonchev–Trinajstić information content (AvgIpc) is 2.77. The Balaban J connectivity index is 0.00000306. The van der Waals surface area contributed by atoms with E-state index in [-0.39, 0.29) is 13.3 Å². The van der Waals surface area contributed by atoms with Crippen molar-refractivity contribution >= 4 is 22.6 Å². The first-order chi connectivity index (χ1) is 15.3. The van der Waals surface area contributed by atoms with Gasteiger partial charge in [-0.25, -0.2) is 9.97 Å². The Kier molecular flexibility index (Phi) is 6.42. The monoisotopic (exact) mass is 434 g/mol. The zero-order valence-electron chi connectivity index (χ0n) is 19.4. The number of rotatable bonds is 5. The van der Waals surface area contributed by atoms with Crippen molar-refractivity contribution in [2.75, 3.05) is 31.1 Å². The zero-order valence-corrected chi connectivity index (χ0v) is 19.4. The van der Waals surface area contributed by atoms with Gasteiger partial charge in [0, 0.05) is 38.6 Å². The zero-order chi connectivity index (χ0) is 22.8. The van der Waals surface area contributed by atoms with Crippen LogP contribution in [0.1, 0.15) is 32.8 Å². The maximum Gasteiger partial charge on any atom is 0.251 e. The number of hydrogen-bond donors (Lipinski definition) is 1. The van der Waals surface area contributed by atoms with Crippen molar-refractivity contribution in [2.24, 2.45) is 5.92 Å². The molecule has 2 aromatic carbocycles. The summed E-state index contributed by atoms with van der Waals surface area (Å²) in [5.74, 6) is 1.75. The van der Waals surface area contributed by atoms with Crippen molar-refractivity contribution in [3.8, 4) is 11.4 Å². The van der Waals surface area contributed by atoms with Crippen LogP contribution in [-0.2, 0) is 4.79 Å². The number of piperazine rings is 1. The van der Waals surface area contributed by atoms with Gasteiger partial charge in [0.1, 0.15) is 11.9 Å². The van der Waals surface area contributed by atoms with Gasteiger partial charge in [0.05, 0.1) is 5.52 Å². The number of carbonyl (C=O) groups excluding carboxylic acids is 1. The number of aryl methyl sites for hydroxylation is 2. The van der Waals surface area contributed by atoms with Crippen molar-refractivity contribution < 1.29 is 11.3 Å². The summed E-state index contributed by atoms with van der Waals surface area (Å²) in [6.45, 7) is 10.7. The van der Waals surface area contributed by atoms with E-state index >= 15 is 0 Å². The lowest BCUT2D eigenvalue weighted by Crippen LogP contribution is -2.52. The van der Waals surface area contributed by atoms with Gasteiger partial charge in [-0.15, -0.1) is 0 Å². The van der Waals surface area contributed by atoms with Gasteiger partial charge < -0.3 is 14.9 Å². The first-order valence-corrected chi connectivity index (χ1v) is 11.4. The first kappa shape index (κ1) is 22.2. The van der Waals surface area contributed by atoms with Crippen LogP contribution in [0.25, 0.3) is 22.3 Å². The molecule has 0 bridgehead atoms. The van der Waals surface area contributed by atoms with Crippen LogP contribution in [0.15, 0.2) is 42.5 Å². The van der Waals surface area contributed by atoms with Crippen molar-refractivity contribution in [3.63, 3.8) is 0 Å². The van der Waals surface area contributed by atoms with Crippen LogP contribution in [-0.4, -0.2) is 58.2 Å². The third-order valence-corrected chi connectivity index (χ3v) is 6.09. The summed E-state index contributed by atoms with van der Waals surface area (Å²) in [6, 6.07) is 14.4. The second-order valence-corrected chi connectivity index (χ2v) is 9.16. The number of fused-ring (bicyclic) bond motifs is 1. The van der Waals surface area contributed by atoms with E-state index in [1.807, 2.05) is 26.0 Å². The van der Waals surface area contributed by atoms with E-state index in [1.165, 1.54) is 0 Å². The van der Waals surface area contributed by atoms with Gasteiger partial charge in [-0.05, 0) is 49.4 Å². The predicted molar refractivity (Wildman–Crippen MR) is 131 cm³/mol. The maximum atomic E-state index is 12.6. The van der Waals surface area contributed by atoms with Crippen molar-refractivity contribution in [1.29, 1.82) is 0 Å². The fraction of sp³-hybridized carbons (Fsp3) is 0.423. The molecule has 0 spiro atoms. The number of carbonyl (C=O) groups is 1. The normalized spacial score (nSPS) is 15.4. The first-order valence-electron chi connectivity index (χ1n) is 11.4. The molecular weight excluding hydrogens is 400 g/mol. The minimum Gasteiger partial charge on any atom is -0.383 e. The molecular formula is C26H34N4O2. The highest BCUT2D eigenvalue weighted by Crippen LogP contribution is 2.30. The molecule has 1 fully saturated rings. The van der Waals surface area contributed by atoms with Gasteiger partial charge in [0.25, 0.3) is 5.91 Å². The molecule has 1 saturated heterocycles. The van der Waals surface area contributed by atoms with Crippen LogP contribution in [0.4, 0.5) is 5.82 Å². The summed E-state index contributed by atoms with van der Waals surface area (Å²) in [7, 11) is 0. The van der Waals surface area contributed by atoms with Crippen LogP contribution in [0.3, 0.4) is 0 Å². The lowest BCUT2D eigenvalue weighted by atomic mass is 10.0. The Morgan fingerprint density at radius 1 is 1.06 bits per heavy atom. The standard InChI is InChI=1S/C26H32N4O2.H2/c1-17(2)15-23(31)26(32)30-13-11-29(12-14-30)25-21-10-9-18(3)16-22(21)27-24(28-25)20-8-6-5-7-19(20)4;/h5-10,16-17,23,31H,11-15H2,1-4H3;1H. The molecule has 32 heavy (non-hydrogen) atoms. The van der Waals surface area contributed by atoms with Crippen molar-refractivity contribution in [1.82, 2.24) is 14.9 Å².